The van der Waals surface area contributed by atoms with Crippen molar-refractivity contribution in [1.82, 2.24) is 20.4 Å². The van der Waals surface area contributed by atoms with E-state index in [-0.39, 0.29) is 70.5 Å². The Balaban J connectivity index is 4.45. The number of rotatable bonds is 26. The van der Waals surface area contributed by atoms with E-state index in [1.165, 1.54) is 4.90 Å². The van der Waals surface area contributed by atoms with Gasteiger partial charge in [-0.1, -0.05) is 26.7 Å². The highest BCUT2D eigenvalue weighted by Crippen LogP contribution is 2.01. The third kappa shape index (κ3) is 22.7. The van der Waals surface area contributed by atoms with E-state index in [9.17, 15) is 19.2 Å². The van der Waals surface area contributed by atoms with Crippen LogP contribution in [-0.2, 0) is 23.8 Å². The van der Waals surface area contributed by atoms with Crippen molar-refractivity contribution >= 4 is 24.0 Å². The van der Waals surface area contributed by atoms with Crippen LogP contribution in [0, 0.1) is 0 Å². The van der Waals surface area contributed by atoms with Crippen LogP contribution < -0.4 is 22.1 Å². The van der Waals surface area contributed by atoms with Crippen LogP contribution in [0.4, 0.5) is 9.59 Å². The first-order chi connectivity index (χ1) is 19.9. The van der Waals surface area contributed by atoms with Crippen LogP contribution in [0.15, 0.2) is 0 Å². The third-order valence-electron chi connectivity index (χ3n) is 6.03. The third-order valence-corrected chi connectivity index (χ3v) is 6.03. The fourth-order valence-electron chi connectivity index (χ4n) is 3.84. The van der Waals surface area contributed by atoms with E-state index in [2.05, 4.69) is 10.6 Å². The number of unbranched alkanes of at least 4 members (excludes halogenated alkanes) is 4. The first kappa shape index (κ1) is 38.4. The van der Waals surface area contributed by atoms with Crippen molar-refractivity contribution in [1.29, 1.82) is 0 Å². The molecule has 0 aromatic heterocycles. The zero-order chi connectivity index (χ0) is 30.6. The number of hydrogen-bond acceptors (Lipinski definition) is 9. The first-order valence-electron chi connectivity index (χ1n) is 15.2. The topological polar surface area (TPSA) is 179 Å². The molecule has 6 N–H and O–H groups in total. The van der Waals surface area contributed by atoms with Gasteiger partial charge in [0.2, 0.25) is 11.8 Å². The Morgan fingerprint density at radius 1 is 0.585 bits per heavy atom. The quantitative estimate of drug-likeness (QED) is 0.110. The molecule has 0 aliphatic rings. The number of carbonyl (C=O) groups excluding carboxylic acids is 4. The number of nitrogens with one attached hydrogen (secondary N) is 2. The van der Waals surface area contributed by atoms with E-state index in [4.69, 9.17) is 25.7 Å². The second-order valence-corrected chi connectivity index (χ2v) is 9.71. The van der Waals surface area contributed by atoms with Gasteiger partial charge in [0.25, 0.3) is 0 Å². The summed E-state index contributed by atoms with van der Waals surface area (Å²) in [5.41, 5.74) is 11.0. The minimum absolute atomic E-state index is 0.0160. The van der Waals surface area contributed by atoms with Gasteiger partial charge in [0.05, 0.1) is 13.2 Å². The maximum Gasteiger partial charge on any atom is 0.409 e. The smallest absolute Gasteiger partial charge is 0.409 e. The van der Waals surface area contributed by atoms with Gasteiger partial charge in [-0.3, -0.25) is 9.59 Å². The van der Waals surface area contributed by atoms with Gasteiger partial charge in [-0.05, 0) is 51.6 Å². The number of hydrogen-bond donors (Lipinski definition) is 4. The van der Waals surface area contributed by atoms with Gasteiger partial charge in [0.1, 0.15) is 13.2 Å². The van der Waals surface area contributed by atoms with Crippen molar-refractivity contribution in [2.24, 2.45) is 11.5 Å². The number of nitrogens with two attached hydrogens (primary N) is 2. The molecule has 0 saturated carbocycles. The molecule has 0 aromatic rings. The Bertz CT molecular complexity index is 663. The largest absolute Gasteiger partial charge is 0.447 e. The molecule has 0 aliphatic heterocycles. The standard InChI is InChI=1S/C28H56N6O7/c1-3-17-33(18-4-2)27(37)40-23-21-39-22-24-41-28(38)34(19-15-31-25(35)11-7-5-9-13-29)20-16-32-26(36)12-8-6-10-14-30/h3-24,29-30H2,1-2H3,(H,31,35)(H,32,36). The van der Waals surface area contributed by atoms with Crippen molar-refractivity contribution in [3.05, 3.63) is 0 Å². The fraction of sp³-hybridized carbons (Fsp3) is 0.857. The maximum absolute atomic E-state index is 12.7. The number of carbonyl (C=O) groups is 4. The molecular formula is C28H56N6O7. The van der Waals surface area contributed by atoms with E-state index >= 15 is 0 Å². The number of ether oxygens (including phenoxy) is 3. The molecule has 4 amide bonds. The average molecular weight is 589 g/mol. The van der Waals surface area contributed by atoms with E-state index in [0.29, 0.717) is 39.0 Å². The van der Waals surface area contributed by atoms with Crippen LogP contribution in [0.1, 0.15) is 78.1 Å². The van der Waals surface area contributed by atoms with Crippen molar-refractivity contribution < 1.29 is 33.4 Å². The lowest BCUT2D eigenvalue weighted by Gasteiger charge is -2.22. The van der Waals surface area contributed by atoms with Crippen molar-refractivity contribution in [2.75, 3.05) is 78.8 Å². The normalized spacial score (nSPS) is 10.6. The minimum atomic E-state index is -0.566. The molecular weight excluding hydrogens is 532 g/mol. The number of amides is 4. The van der Waals surface area contributed by atoms with Crippen LogP contribution in [0.25, 0.3) is 0 Å². The molecule has 13 nitrogen and oxygen atoms in total. The molecule has 0 aliphatic carbocycles. The number of nitrogens with zero attached hydrogens (tertiary/aromatic N) is 2. The molecule has 0 unspecified atom stereocenters. The van der Waals surface area contributed by atoms with E-state index in [0.717, 1.165) is 51.4 Å². The van der Waals surface area contributed by atoms with Gasteiger partial charge in [0, 0.05) is 52.1 Å². The Labute approximate surface area is 246 Å². The van der Waals surface area contributed by atoms with Crippen LogP contribution in [0.3, 0.4) is 0 Å². The summed E-state index contributed by atoms with van der Waals surface area (Å²) in [6.07, 6.45) is 6.71. The van der Waals surface area contributed by atoms with Crippen molar-refractivity contribution in [3.63, 3.8) is 0 Å². The molecule has 240 valence electrons. The SMILES string of the molecule is CCCN(CCC)C(=O)OCCOCCOC(=O)N(CCNC(=O)CCCCCN)CCNC(=O)CCCCCN. The Morgan fingerprint density at radius 3 is 1.39 bits per heavy atom. The zero-order valence-corrected chi connectivity index (χ0v) is 25.5. The summed E-state index contributed by atoms with van der Waals surface area (Å²) in [6, 6.07) is 0. The molecule has 0 saturated heterocycles. The van der Waals surface area contributed by atoms with Gasteiger partial charge < -0.3 is 46.1 Å². The molecule has 0 fully saturated rings. The molecule has 0 radical (unpaired) electrons. The summed E-state index contributed by atoms with van der Waals surface area (Å²) >= 11 is 0. The first-order valence-corrected chi connectivity index (χ1v) is 15.2. The van der Waals surface area contributed by atoms with Gasteiger partial charge in [0.15, 0.2) is 0 Å². The second-order valence-electron chi connectivity index (χ2n) is 9.71. The molecule has 13 heteroatoms. The van der Waals surface area contributed by atoms with Crippen molar-refractivity contribution in [3.8, 4) is 0 Å². The van der Waals surface area contributed by atoms with Crippen molar-refractivity contribution in [2.45, 2.75) is 78.1 Å². The minimum Gasteiger partial charge on any atom is -0.447 e. The molecule has 41 heavy (non-hydrogen) atoms. The monoisotopic (exact) mass is 588 g/mol. The highest BCUT2D eigenvalue weighted by atomic mass is 16.6. The Hall–Kier alpha value is -2.64. The Morgan fingerprint density at radius 2 is 1.00 bits per heavy atom. The maximum atomic E-state index is 12.7. The summed E-state index contributed by atoms with van der Waals surface area (Å²) in [5.74, 6) is -0.162. The van der Waals surface area contributed by atoms with Gasteiger partial charge in [-0.2, -0.15) is 0 Å². The molecule has 0 heterocycles. The van der Waals surface area contributed by atoms with Crippen LogP contribution in [0.2, 0.25) is 0 Å². The predicted molar refractivity (Wildman–Crippen MR) is 158 cm³/mol. The molecule has 0 spiro atoms. The van der Waals surface area contributed by atoms with Gasteiger partial charge >= 0.3 is 12.2 Å². The molecule has 0 bridgehead atoms. The highest BCUT2D eigenvalue weighted by Gasteiger charge is 2.16. The summed E-state index contributed by atoms with van der Waals surface area (Å²) in [4.78, 5) is 52.0. The average Bonchev–Trinajstić information content (AvgIpc) is 2.96. The van der Waals surface area contributed by atoms with Gasteiger partial charge in [-0.15, -0.1) is 0 Å². The molecule has 0 atom stereocenters. The molecule has 0 aromatic carbocycles. The molecule has 0 rings (SSSR count). The fourth-order valence-corrected chi connectivity index (χ4v) is 3.84. The second kappa shape index (κ2) is 27.5. The van der Waals surface area contributed by atoms with Crippen LogP contribution in [-0.4, -0.2) is 113 Å². The van der Waals surface area contributed by atoms with Crippen LogP contribution in [0.5, 0.6) is 0 Å². The van der Waals surface area contributed by atoms with Crippen LogP contribution >= 0.6 is 0 Å². The zero-order valence-electron chi connectivity index (χ0n) is 25.5. The summed E-state index contributed by atoms with van der Waals surface area (Å²) in [5, 5.41) is 5.64. The lowest BCUT2D eigenvalue weighted by molar-refractivity contribution is -0.121. The predicted octanol–water partition coefficient (Wildman–Crippen LogP) is 1.97. The summed E-state index contributed by atoms with van der Waals surface area (Å²) in [7, 11) is 0. The lowest BCUT2D eigenvalue weighted by Crippen LogP contribution is -2.43. The van der Waals surface area contributed by atoms with E-state index < -0.39 is 6.09 Å². The lowest BCUT2D eigenvalue weighted by atomic mass is 10.2. The Kier molecular flexibility index (Phi) is 25.8. The highest BCUT2D eigenvalue weighted by molar-refractivity contribution is 5.76. The summed E-state index contributed by atoms with van der Waals surface area (Å²) in [6.45, 7) is 8.01. The van der Waals surface area contributed by atoms with E-state index in [1.807, 2.05) is 13.8 Å². The van der Waals surface area contributed by atoms with E-state index in [1.54, 1.807) is 4.90 Å². The summed E-state index contributed by atoms with van der Waals surface area (Å²) < 4.78 is 16.0. The van der Waals surface area contributed by atoms with Gasteiger partial charge in [-0.25, -0.2) is 9.59 Å².